The van der Waals surface area contributed by atoms with Crippen molar-refractivity contribution in [1.29, 1.82) is 0 Å². The van der Waals surface area contributed by atoms with Gasteiger partial charge in [0.05, 0.1) is 0 Å². The highest BCUT2D eigenvalue weighted by Crippen LogP contribution is 2.29. The van der Waals surface area contributed by atoms with E-state index < -0.39 is 11.9 Å². The zero-order valence-electron chi connectivity index (χ0n) is 6.40. The van der Waals surface area contributed by atoms with Crippen molar-refractivity contribution in [1.82, 2.24) is 0 Å². The van der Waals surface area contributed by atoms with Crippen LogP contribution in [0, 0.1) is 0 Å². The van der Waals surface area contributed by atoms with Gasteiger partial charge >= 0.3 is 5.97 Å². The first-order valence-corrected chi connectivity index (χ1v) is 3.79. The maximum Gasteiger partial charge on any atom is 0.314 e. The van der Waals surface area contributed by atoms with Crippen LogP contribution in [0.15, 0.2) is 30.3 Å². The van der Waals surface area contributed by atoms with Crippen LogP contribution < -0.4 is 0 Å². The smallest absolute Gasteiger partial charge is 0.314 e. The second-order valence-electron chi connectivity index (χ2n) is 2.80. The monoisotopic (exact) mass is 160 g/mol. The predicted molar refractivity (Wildman–Crippen MR) is 45.9 cm³/mol. The van der Waals surface area contributed by atoms with E-state index in [1.165, 1.54) is 0 Å². The number of carboxylic acids is 1. The Labute approximate surface area is 70.2 Å². The van der Waals surface area contributed by atoms with Gasteiger partial charge in [-0.05, 0) is 11.1 Å². The molecule has 2 rings (SSSR count). The Morgan fingerprint density at radius 2 is 2.08 bits per heavy atom. The van der Waals surface area contributed by atoms with E-state index in [1.54, 1.807) is 6.08 Å². The van der Waals surface area contributed by atoms with Crippen molar-refractivity contribution < 1.29 is 9.90 Å². The number of rotatable bonds is 1. The summed E-state index contributed by atoms with van der Waals surface area (Å²) in [5, 5.41) is 8.81. The molecule has 2 heteroatoms. The minimum atomic E-state index is -0.781. The normalized spacial score (nSPS) is 19.2. The molecule has 1 aliphatic carbocycles. The molecule has 1 N–H and O–H groups in total. The molecule has 0 heterocycles. The predicted octanol–water partition coefficient (Wildman–Crippen LogP) is 1.88. The van der Waals surface area contributed by atoms with Gasteiger partial charge in [0.15, 0.2) is 0 Å². The number of hydrogen-bond acceptors (Lipinski definition) is 1. The minimum Gasteiger partial charge on any atom is -0.481 e. The van der Waals surface area contributed by atoms with Crippen molar-refractivity contribution in [3.63, 3.8) is 0 Å². The molecule has 0 bridgehead atoms. The Kier molecular flexibility index (Phi) is 1.47. The van der Waals surface area contributed by atoms with Crippen LogP contribution in [-0.4, -0.2) is 11.1 Å². The van der Waals surface area contributed by atoms with Crippen molar-refractivity contribution in [3.05, 3.63) is 41.5 Å². The lowest BCUT2D eigenvalue weighted by Gasteiger charge is -2.03. The van der Waals surface area contributed by atoms with Gasteiger partial charge in [-0.2, -0.15) is 0 Å². The Bertz CT molecular complexity index is 353. The van der Waals surface area contributed by atoms with E-state index in [4.69, 9.17) is 5.11 Å². The molecule has 1 atom stereocenters. The molecule has 0 amide bonds. The van der Waals surface area contributed by atoms with E-state index in [0.717, 1.165) is 11.1 Å². The molecular weight excluding hydrogens is 152 g/mol. The summed E-state index contributed by atoms with van der Waals surface area (Å²) in [5.74, 6) is -1.22. The van der Waals surface area contributed by atoms with Gasteiger partial charge in [-0.1, -0.05) is 36.4 Å². The molecule has 0 spiro atoms. The largest absolute Gasteiger partial charge is 0.481 e. The molecule has 1 aromatic carbocycles. The van der Waals surface area contributed by atoms with Crippen LogP contribution in [0.4, 0.5) is 0 Å². The fraction of sp³-hybridized carbons (Fsp3) is 0.100. The van der Waals surface area contributed by atoms with Crippen LogP contribution in [0.5, 0.6) is 0 Å². The topological polar surface area (TPSA) is 37.3 Å². The fourth-order valence-electron chi connectivity index (χ4n) is 1.46. The lowest BCUT2D eigenvalue weighted by Crippen LogP contribution is -2.06. The highest BCUT2D eigenvalue weighted by Gasteiger charge is 2.22. The molecule has 0 aliphatic heterocycles. The molecule has 0 saturated heterocycles. The molecule has 1 aliphatic rings. The third kappa shape index (κ3) is 0.925. The van der Waals surface area contributed by atoms with Gasteiger partial charge in [0, 0.05) is 0 Å². The second-order valence-corrected chi connectivity index (χ2v) is 2.80. The van der Waals surface area contributed by atoms with Crippen LogP contribution in [0.1, 0.15) is 17.0 Å². The molecule has 12 heavy (non-hydrogen) atoms. The second kappa shape index (κ2) is 2.48. The highest BCUT2D eigenvalue weighted by atomic mass is 16.4. The highest BCUT2D eigenvalue weighted by molar-refractivity contribution is 5.84. The lowest BCUT2D eigenvalue weighted by atomic mass is 10.0. The van der Waals surface area contributed by atoms with Gasteiger partial charge in [0.25, 0.3) is 0 Å². The molecule has 2 nitrogen and oxygen atoms in total. The van der Waals surface area contributed by atoms with E-state index in [-0.39, 0.29) is 0 Å². The Balaban J connectivity index is 2.49. The molecule has 0 saturated carbocycles. The molecule has 0 fully saturated rings. The summed E-state index contributed by atoms with van der Waals surface area (Å²) >= 11 is 0. The zero-order valence-corrected chi connectivity index (χ0v) is 6.40. The van der Waals surface area contributed by atoms with Crippen LogP contribution >= 0.6 is 0 Å². The first-order chi connectivity index (χ1) is 5.79. The van der Waals surface area contributed by atoms with Crippen LogP contribution in [0.25, 0.3) is 6.08 Å². The summed E-state index contributed by atoms with van der Waals surface area (Å²) < 4.78 is 0. The first kappa shape index (κ1) is 7.10. The Morgan fingerprint density at radius 1 is 1.33 bits per heavy atom. The SMILES string of the molecule is O=C(O)[C@@H]1C=Cc2ccccc21. The van der Waals surface area contributed by atoms with Crippen molar-refractivity contribution in [2.24, 2.45) is 0 Å². The third-order valence-electron chi connectivity index (χ3n) is 2.07. The van der Waals surface area contributed by atoms with Crippen molar-refractivity contribution in [2.45, 2.75) is 5.92 Å². The van der Waals surface area contributed by atoms with Crippen molar-refractivity contribution in [3.8, 4) is 0 Å². The lowest BCUT2D eigenvalue weighted by molar-refractivity contribution is -0.137. The first-order valence-electron chi connectivity index (χ1n) is 3.79. The zero-order chi connectivity index (χ0) is 8.55. The summed E-state index contributed by atoms with van der Waals surface area (Å²) in [7, 11) is 0. The quantitative estimate of drug-likeness (QED) is 0.681. The van der Waals surface area contributed by atoms with Crippen LogP contribution in [0.3, 0.4) is 0 Å². The van der Waals surface area contributed by atoms with Gasteiger partial charge in [0.2, 0.25) is 0 Å². The van der Waals surface area contributed by atoms with Crippen LogP contribution in [0.2, 0.25) is 0 Å². The molecule has 1 aromatic rings. The van der Waals surface area contributed by atoms with Crippen molar-refractivity contribution >= 4 is 12.0 Å². The molecular formula is C10H8O2. The maximum atomic E-state index is 10.7. The average molecular weight is 160 g/mol. The van der Waals surface area contributed by atoms with Gasteiger partial charge < -0.3 is 5.11 Å². The van der Waals surface area contributed by atoms with E-state index in [9.17, 15) is 4.79 Å². The van der Waals surface area contributed by atoms with Crippen LogP contribution in [-0.2, 0) is 4.79 Å². The average Bonchev–Trinajstić information content (AvgIpc) is 2.47. The minimum absolute atomic E-state index is 0.443. The third-order valence-corrected chi connectivity index (χ3v) is 2.07. The van der Waals surface area contributed by atoms with E-state index >= 15 is 0 Å². The molecule has 0 radical (unpaired) electrons. The fourth-order valence-corrected chi connectivity index (χ4v) is 1.46. The standard InChI is InChI=1S/C10H8O2/c11-10(12)9-6-5-7-3-1-2-4-8(7)9/h1-6,9H,(H,11,12)/t9-/m1/s1. The van der Waals surface area contributed by atoms with E-state index in [1.807, 2.05) is 30.3 Å². The Morgan fingerprint density at radius 3 is 2.83 bits per heavy atom. The number of carbonyl (C=O) groups is 1. The maximum absolute atomic E-state index is 10.7. The summed E-state index contributed by atoms with van der Waals surface area (Å²) in [5.41, 5.74) is 1.91. The summed E-state index contributed by atoms with van der Waals surface area (Å²) in [6.45, 7) is 0. The Hall–Kier alpha value is -1.57. The number of hydrogen-bond donors (Lipinski definition) is 1. The molecule has 60 valence electrons. The number of fused-ring (bicyclic) bond motifs is 1. The summed E-state index contributed by atoms with van der Waals surface area (Å²) in [6, 6.07) is 7.55. The number of carboxylic acid groups (broad SMARTS) is 1. The number of benzene rings is 1. The summed E-state index contributed by atoms with van der Waals surface area (Å²) in [4.78, 5) is 10.7. The summed E-state index contributed by atoms with van der Waals surface area (Å²) in [6.07, 6.45) is 3.57. The van der Waals surface area contributed by atoms with E-state index in [0.29, 0.717) is 0 Å². The molecule has 0 aromatic heterocycles. The number of aliphatic carboxylic acids is 1. The van der Waals surface area contributed by atoms with Gasteiger partial charge in [-0.25, -0.2) is 0 Å². The van der Waals surface area contributed by atoms with Gasteiger partial charge in [-0.3, -0.25) is 4.79 Å². The van der Waals surface area contributed by atoms with Crippen molar-refractivity contribution in [2.75, 3.05) is 0 Å². The van der Waals surface area contributed by atoms with Gasteiger partial charge in [-0.15, -0.1) is 0 Å². The molecule has 0 unspecified atom stereocenters. The van der Waals surface area contributed by atoms with E-state index in [2.05, 4.69) is 0 Å². The van der Waals surface area contributed by atoms with Gasteiger partial charge in [0.1, 0.15) is 5.92 Å².